The molecule has 0 aliphatic heterocycles. The smallest absolute Gasteiger partial charge is 0.242 e. The second kappa shape index (κ2) is 6.11. The Bertz CT molecular complexity index is 908. The molecular formula is C17H12ClN3O2. The first kappa shape index (κ1) is 15.1. The van der Waals surface area contributed by atoms with Crippen LogP contribution in [0.4, 0.5) is 11.4 Å². The second-order valence-corrected chi connectivity index (χ2v) is 5.62. The number of alkyl halides is 1. The molecule has 1 N–H and O–H groups in total. The van der Waals surface area contributed by atoms with Crippen LogP contribution in [-0.4, -0.2) is 16.3 Å². The lowest BCUT2D eigenvalue weighted by atomic mass is 10.2. The van der Waals surface area contributed by atoms with Crippen LogP contribution in [0.3, 0.4) is 0 Å². The van der Waals surface area contributed by atoms with Crippen molar-refractivity contribution in [2.45, 2.75) is 12.3 Å². The summed E-state index contributed by atoms with van der Waals surface area (Å²) in [5, 5.41) is 2.11. The Labute approximate surface area is 137 Å². The number of carbonyl (C=O) groups is 1. The van der Waals surface area contributed by atoms with Gasteiger partial charge in [-0.3, -0.25) is 4.79 Å². The summed E-state index contributed by atoms with van der Waals surface area (Å²) in [4.78, 5) is 19.3. The molecule has 3 rings (SSSR count). The van der Waals surface area contributed by atoms with Crippen molar-refractivity contribution in [3.8, 4) is 11.5 Å². The minimum Gasteiger partial charge on any atom is -0.436 e. The van der Waals surface area contributed by atoms with E-state index in [0.717, 1.165) is 5.56 Å². The van der Waals surface area contributed by atoms with Gasteiger partial charge in [-0.1, -0.05) is 6.07 Å². The standard InChI is InChI=1S/C17H12ClN3O2/c1-10(18)16(22)20-12-5-3-11(4-6-12)17-21-14-9-13(19-2)7-8-15(14)23-17/h3-10H,1H3,(H,20,22). The first-order chi connectivity index (χ1) is 11.1. The number of anilines is 1. The molecule has 1 amide bonds. The highest BCUT2D eigenvalue weighted by molar-refractivity contribution is 6.32. The molecule has 0 fully saturated rings. The van der Waals surface area contributed by atoms with Crippen LogP contribution >= 0.6 is 11.6 Å². The zero-order valence-corrected chi connectivity index (χ0v) is 13.0. The quantitative estimate of drug-likeness (QED) is 0.565. The maximum atomic E-state index is 11.5. The zero-order chi connectivity index (χ0) is 16.4. The molecule has 0 bridgehead atoms. The van der Waals surface area contributed by atoms with Crippen molar-refractivity contribution in [1.82, 2.24) is 4.98 Å². The predicted molar refractivity (Wildman–Crippen MR) is 89.7 cm³/mol. The summed E-state index contributed by atoms with van der Waals surface area (Å²) < 4.78 is 5.69. The molecular weight excluding hydrogens is 314 g/mol. The first-order valence-electron chi connectivity index (χ1n) is 6.90. The summed E-state index contributed by atoms with van der Waals surface area (Å²) in [7, 11) is 0. The van der Waals surface area contributed by atoms with Gasteiger partial charge in [-0.2, -0.15) is 0 Å². The lowest BCUT2D eigenvalue weighted by molar-refractivity contribution is -0.115. The number of fused-ring (bicyclic) bond motifs is 1. The number of hydrogen-bond acceptors (Lipinski definition) is 3. The molecule has 0 saturated carbocycles. The highest BCUT2D eigenvalue weighted by Gasteiger charge is 2.11. The van der Waals surface area contributed by atoms with Gasteiger partial charge in [0.2, 0.25) is 11.8 Å². The lowest BCUT2D eigenvalue weighted by Gasteiger charge is -2.06. The topological polar surface area (TPSA) is 59.5 Å². The van der Waals surface area contributed by atoms with Crippen LogP contribution in [0.5, 0.6) is 0 Å². The van der Waals surface area contributed by atoms with Gasteiger partial charge < -0.3 is 9.73 Å². The zero-order valence-electron chi connectivity index (χ0n) is 12.2. The molecule has 0 spiro atoms. The van der Waals surface area contributed by atoms with Crippen LogP contribution in [-0.2, 0) is 4.79 Å². The Morgan fingerprint density at radius 1 is 1.30 bits per heavy atom. The van der Waals surface area contributed by atoms with Crippen LogP contribution in [0.15, 0.2) is 46.9 Å². The van der Waals surface area contributed by atoms with E-state index in [1.807, 2.05) is 0 Å². The highest BCUT2D eigenvalue weighted by atomic mass is 35.5. The van der Waals surface area contributed by atoms with E-state index >= 15 is 0 Å². The molecule has 114 valence electrons. The SMILES string of the molecule is [C-]#[N+]c1ccc2oc(-c3ccc(NC(=O)C(C)Cl)cc3)nc2c1. The van der Waals surface area contributed by atoms with Crippen molar-refractivity contribution in [2.75, 3.05) is 5.32 Å². The minimum absolute atomic E-state index is 0.257. The number of carbonyl (C=O) groups excluding carboxylic acids is 1. The number of oxazole rings is 1. The molecule has 23 heavy (non-hydrogen) atoms. The molecule has 0 aliphatic carbocycles. The summed E-state index contributed by atoms with van der Waals surface area (Å²) in [6, 6.07) is 12.2. The molecule has 5 nitrogen and oxygen atoms in total. The molecule has 1 heterocycles. The summed E-state index contributed by atoms with van der Waals surface area (Å²) >= 11 is 5.72. The monoisotopic (exact) mass is 325 g/mol. The van der Waals surface area contributed by atoms with Crippen molar-refractivity contribution >= 4 is 40.0 Å². The molecule has 1 aromatic heterocycles. The van der Waals surface area contributed by atoms with Gasteiger partial charge in [0.05, 0.1) is 12.1 Å². The van der Waals surface area contributed by atoms with Crippen molar-refractivity contribution in [1.29, 1.82) is 0 Å². The number of rotatable bonds is 3. The summed E-state index contributed by atoms with van der Waals surface area (Å²) in [6.07, 6.45) is 0. The van der Waals surface area contributed by atoms with Crippen molar-refractivity contribution in [3.05, 3.63) is 53.9 Å². The van der Waals surface area contributed by atoms with Crippen LogP contribution in [0, 0.1) is 6.57 Å². The Morgan fingerprint density at radius 3 is 2.70 bits per heavy atom. The number of aromatic nitrogens is 1. The average Bonchev–Trinajstić information content (AvgIpc) is 2.98. The van der Waals surface area contributed by atoms with Crippen molar-refractivity contribution < 1.29 is 9.21 Å². The lowest BCUT2D eigenvalue weighted by Crippen LogP contribution is -2.20. The maximum absolute atomic E-state index is 11.5. The number of hydrogen-bond donors (Lipinski definition) is 1. The van der Waals surface area contributed by atoms with Gasteiger partial charge in [0.15, 0.2) is 11.3 Å². The third-order valence-electron chi connectivity index (χ3n) is 3.26. The van der Waals surface area contributed by atoms with E-state index in [2.05, 4.69) is 15.1 Å². The van der Waals surface area contributed by atoms with E-state index in [1.54, 1.807) is 49.4 Å². The summed E-state index contributed by atoms with van der Waals surface area (Å²) in [5.74, 6) is 0.207. The van der Waals surface area contributed by atoms with E-state index in [0.29, 0.717) is 28.4 Å². The molecule has 0 saturated heterocycles. The molecule has 0 radical (unpaired) electrons. The summed E-state index contributed by atoms with van der Waals surface area (Å²) in [6.45, 7) is 8.63. The van der Waals surface area contributed by atoms with Gasteiger partial charge >= 0.3 is 0 Å². The molecule has 0 aliphatic rings. The predicted octanol–water partition coefficient (Wildman–Crippen LogP) is 4.61. The van der Waals surface area contributed by atoms with Gasteiger partial charge in [0.25, 0.3) is 0 Å². The van der Waals surface area contributed by atoms with Gasteiger partial charge in [0.1, 0.15) is 5.38 Å². The van der Waals surface area contributed by atoms with Crippen LogP contribution in [0.2, 0.25) is 0 Å². The average molecular weight is 326 g/mol. The molecule has 1 unspecified atom stereocenters. The first-order valence-corrected chi connectivity index (χ1v) is 7.34. The van der Waals surface area contributed by atoms with Crippen LogP contribution < -0.4 is 5.32 Å². The number of nitrogens with zero attached hydrogens (tertiary/aromatic N) is 2. The Kier molecular flexibility index (Phi) is 4.00. The maximum Gasteiger partial charge on any atom is 0.242 e. The van der Waals surface area contributed by atoms with Gasteiger partial charge in [-0.05, 0) is 43.3 Å². The Morgan fingerprint density at radius 2 is 2.04 bits per heavy atom. The summed E-state index contributed by atoms with van der Waals surface area (Å²) in [5.41, 5.74) is 3.22. The minimum atomic E-state index is -0.594. The van der Waals surface area contributed by atoms with Crippen molar-refractivity contribution in [2.24, 2.45) is 0 Å². The molecule has 3 aromatic rings. The fraction of sp³-hybridized carbons (Fsp3) is 0.118. The van der Waals surface area contributed by atoms with E-state index in [-0.39, 0.29) is 5.91 Å². The van der Waals surface area contributed by atoms with Gasteiger partial charge in [-0.15, -0.1) is 11.6 Å². The van der Waals surface area contributed by atoms with Gasteiger partial charge in [-0.25, -0.2) is 9.83 Å². The third kappa shape index (κ3) is 3.17. The highest BCUT2D eigenvalue weighted by Crippen LogP contribution is 2.27. The van der Waals surface area contributed by atoms with E-state index in [9.17, 15) is 4.79 Å². The largest absolute Gasteiger partial charge is 0.436 e. The van der Waals surface area contributed by atoms with Crippen molar-refractivity contribution in [3.63, 3.8) is 0 Å². The molecule has 2 aromatic carbocycles. The number of benzene rings is 2. The molecule has 6 heteroatoms. The number of halogens is 1. The normalized spacial score (nSPS) is 11.9. The van der Waals surface area contributed by atoms with E-state index in [4.69, 9.17) is 22.6 Å². The Balaban J connectivity index is 1.87. The Hall–Kier alpha value is -2.84. The van der Waals surface area contributed by atoms with Crippen LogP contribution in [0.25, 0.3) is 27.4 Å². The third-order valence-corrected chi connectivity index (χ3v) is 3.46. The fourth-order valence-electron chi connectivity index (χ4n) is 2.05. The van der Waals surface area contributed by atoms with E-state index < -0.39 is 5.38 Å². The van der Waals surface area contributed by atoms with Crippen LogP contribution in [0.1, 0.15) is 6.92 Å². The molecule has 1 atom stereocenters. The number of nitrogens with one attached hydrogen (secondary N) is 1. The van der Waals surface area contributed by atoms with E-state index in [1.165, 1.54) is 0 Å². The van der Waals surface area contributed by atoms with Gasteiger partial charge in [0, 0.05) is 11.3 Å². The second-order valence-electron chi connectivity index (χ2n) is 4.97. The number of amides is 1. The fourth-order valence-corrected chi connectivity index (χ4v) is 2.10.